The molecule has 16 heavy (non-hydrogen) atoms. The molecule has 0 saturated heterocycles. The van der Waals surface area contributed by atoms with Gasteiger partial charge in [0, 0.05) is 24.9 Å². The van der Waals surface area contributed by atoms with E-state index in [1.54, 1.807) is 0 Å². The van der Waals surface area contributed by atoms with Gasteiger partial charge in [-0.15, -0.1) is 0 Å². The standard InChI is InChI=1S/C14H21NS/c1-13(2)15(10-6-7-11-16)12-14-8-4-3-5-9-14/h3-9,13,16H,10-12H2,1-2H3. The molecule has 0 atom stereocenters. The molecule has 88 valence electrons. The summed E-state index contributed by atoms with van der Waals surface area (Å²) in [6.07, 6.45) is 4.29. The van der Waals surface area contributed by atoms with Gasteiger partial charge < -0.3 is 0 Å². The molecule has 0 radical (unpaired) electrons. The van der Waals surface area contributed by atoms with Gasteiger partial charge in [0.2, 0.25) is 0 Å². The van der Waals surface area contributed by atoms with Crippen molar-refractivity contribution in [2.24, 2.45) is 0 Å². The van der Waals surface area contributed by atoms with Gasteiger partial charge in [0.15, 0.2) is 0 Å². The summed E-state index contributed by atoms with van der Waals surface area (Å²) in [7, 11) is 0. The van der Waals surface area contributed by atoms with Crippen molar-refractivity contribution < 1.29 is 0 Å². The monoisotopic (exact) mass is 235 g/mol. The highest BCUT2D eigenvalue weighted by atomic mass is 32.1. The molecule has 1 rings (SSSR count). The zero-order chi connectivity index (χ0) is 11.8. The summed E-state index contributed by atoms with van der Waals surface area (Å²) in [4.78, 5) is 2.44. The summed E-state index contributed by atoms with van der Waals surface area (Å²) < 4.78 is 0. The lowest BCUT2D eigenvalue weighted by atomic mass is 10.2. The van der Waals surface area contributed by atoms with E-state index in [2.05, 4.69) is 73.9 Å². The van der Waals surface area contributed by atoms with E-state index in [4.69, 9.17) is 0 Å². The van der Waals surface area contributed by atoms with Gasteiger partial charge in [-0.1, -0.05) is 42.5 Å². The third-order valence-corrected chi connectivity index (χ3v) is 2.78. The van der Waals surface area contributed by atoms with Crippen molar-refractivity contribution in [1.29, 1.82) is 0 Å². The maximum Gasteiger partial charge on any atom is 0.0239 e. The second-order valence-corrected chi connectivity index (χ2v) is 4.53. The Balaban J connectivity index is 2.55. The van der Waals surface area contributed by atoms with Crippen LogP contribution < -0.4 is 0 Å². The maximum absolute atomic E-state index is 4.17. The minimum Gasteiger partial charge on any atom is -0.293 e. The predicted molar refractivity (Wildman–Crippen MR) is 75.0 cm³/mol. The van der Waals surface area contributed by atoms with E-state index in [1.807, 2.05) is 0 Å². The van der Waals surface area contributed by atoms with Crippen molar-refractivity contribution in [2.45, 2.75) is 26.4 Å². The SMILES string of the molecule is CC(C)N(CC=CCS)Cc1ccccc1. The molecule has 1 aromatic rings. The summed E-state index contributed by atoms with van der Waals surface area (Å²) in [5.41, 5.74) is 1.37. The lowest BCUT2D eigenvalue weighted by Gasteiger charge is -2.25. The van der Waals surface area contributed by atoms with Crippen molar-refractivity contribution in [3.63, 3.8) is 0 Å². The minimum absolute atomic E-state index is 0.560. The molecule has 0 aliphatic heterocycles. The first-order chi connectivity index (χ1) is 7.74. The molecule has 2 heteroatoms. The van der Waals surface area contributed by atoms with Crippen LogP contribution in [0, 0.1) is 0 Å². The topological polar surface area (TPSA) is 3.24 Å². The molecule has 0 N–H and O–H groups in total. The molecule has 0 unspecified atom stereocenters. The van der Waals surface area contributed by atoms with Crippen LogP contribution in [0.4, 0.5) is 0 Å². The van der Waals surface area contributed by atoms with E-state index < -0.39 is 0 Å². The maximum atomic E-state index is 4.17. The Morgan fingerprint density at radius 3 is 2.44 bits per heavy atom. The molecule has 1 aromatic carbocycles. The number of benzene rings is 1. The second-order valence-electron chi connectivity index (χ2n) is 4.16. The summed E-state index contributed by atoms with van der Waals surface area (Å²) in [6, 6.07) is 11.2. The Morgan fingerprint density at radius 1 is 1.19 bits per heavy atom. The summed E-state index contributed by atoms with van der Waals surface area (Å²) in [5.74, 6) is 0.817. The molecule has 0 aliphatic rings. The molecule has 0 aliphatic carbocycles. The van der Waals surface area contributed by atoms with E-state index >= 15 is 0 Å². The van der Waals surface area contributed by atoms with Crippen LogP contribution >= 0.6 is 12.6 Å². The second kappa shape index (κ2) is 7.53. The van der Waals surface area contributed by atoms with Crippen molar-refractivity contribution in [1.82, 2.24) is 4.90 Å². The minimum atomic E-state index is 0.560. The van der Waals surface area contributed by atoms with Gasteiger partial charge in [0.25, 0.3) is 0 Å². The molecule has 0 fully saturated rings. The Labute approximate surface area is 105 Å². The molecular weight excluding hydrogens is 214 g/mol. The highest BCUT2D eigenvalue weighted by Gasteiger charge is 2.07. The third-order valence-electron chi connectivity index (χ3n) is 2.57. The van der Waals surface area contributed by atoms with Gasteiger partial charge in [-0.3, -0.25) is 4.90 Å². The molecule has 0 amide bonds. The van der Waals surface area contributed by atoms with E-state index in [9.17, 15) is 0 Å². The van der Waals surface area contributed by atoms with Gasteiger partial charge in [-0.2, -0.15) is 12.6 Å². The van der Waals surface area contributed by atoms with Crippen LogP contribution in [0.15, 0.2) is 42.5 Å². The summed E-state index contributed by atoms with van der Waals surface area (Å²) in [5, 5.41) is 0. The Bertz CT molecular complexity index is 306. The number of nitrogens with zero attached hydrogens (tertiary/aromatic N) is 1. The van der Waals surface area contributed by atoms with E-state index in [0.29, 0.717) is 6.04 Å². The van der Waals surface area contributed by atoms with E-state index in [0.717, 1.165) is 18.8 Å². The number of rotatable bonds is 6. The fraction of sp³-hybridized carbons (Fsp3) is 0.429. The average molecular weight is 235 g/mol. The van der Waals surface area contributed by atoms with Crippen molar-refractivity contribution >= 4 is 12.6 Å². The number of thiol groups is 1. The van der Waals surface area contributed by atoms with Crippen LogP contribution in [0.5, 0.6) is 0 Å². The third kappa shape index (κ3) is 4.86. The lowest BCUT2D eigenvalue weighted by molar-refractivity contribution is 0.237. The molecule has 0 bridgehead atoms. The van der Waals surface area contributed by atoms with Crippen LogP contribution in [-0.2, 0) is 6.54 Å². The van der Waals surface area contributed by atoms with Gasteiger partial charge >= 0.3 is 0 Å². The van der Waals surface area contributed by atoms with Gasteiger partial charge in [-0.25, -0.2) is 0 Å². The molecule has 0 heterocycles. The smallest absolute Gasteiger partial charge is 0.0239 e. The average Bonchev–Trinajstić information content (AvgIpc) is 2.29. The summed E-state index contributed by atoms with van der Waals surface area (Å²) in [6.45, 7) is 6.47. The normalized spacial score (nSPS) is 11.8. The van der Waals surface area contributed by atoms with Crippen molar-refractivity contribution in [2.75, 3.05) is 12.3 Å². The highest BCUT2D eigenvalue weighted by Crippen LogP contribution is 2.07. The molecule has 0 saturated carbocycles. The lowest BCUT2D eigenvalue weighted by Crippen LogP contribution is -2.30. The first-order valence-corrected chi connectivity index (χ1v) is 6.41. The first-order valence-electron chi connectivity index (χ1n) is 5.78. The van der Waals surface area contributed by atoms with Crippen LogP contribution in [0.1, 0.15) is 19.4 Å². The zero-order valence-electron chi connectivity index (χ0n) is 10.1. The van der Waals surface area contributed by atoms with Gasteiger partial charge in [0.1, 0.15) is 0 Å². The van der Waals surface area contributed by atoms with Crippen LogP contribution in [0.3, 0.4) is 0 Å². The Kier molecular flexibility index (Phi) is 6.27. The Hall–Kier alpha value is -0.730. The summed E-state index contributed by atoms with van der Waals surface area (Å²) >= 11 is 4.17. The van der Waals surface area contributed by atoms with Gasteiger partial charge in [-0.05, 0) is 19.4 Å². The molecule has 0 spiro atoms. The number of hydrogen-bond donors (Lipinski definition) is 1. The Morgan fingerprint density at radius 2 is 1.88 bits per heavy atom. The highest BCUT2D eigenvalue weighted by molar-refractivity contribution is 7.80. The molecular formula is C14H21NS. The fourth-order valence-electron chi connectivity index (χ4n) is 1.56. The van der Waals surface area contributed by atoms with Crippen LogP contribution in [0.2, 0.25) is 0 Å². The van der Waals surface area contributed by atoms with E-state index in [1.165, 1.54) is 5.56 Å². The number of hydrogen-bond acceptors (Lipinski definition) is 2. The van der Waals surface area contributed by atoms with Crippen molar-refractivity contribution in [3.05, 3.63) is 48.0 Å². The van der Waals surface area contributed by atoms with Crippen molar-refractivity contribution in [3.8, 4) is 0 Å². The quantitative estimate of drug-likeness (QED) is 0.584. The zero-order valence-corrected chi connectivity index (χ0v) is 11.0. The largest absolute Gasteiger partial charge is 0.293 e. The van der Waals surface area contributed by atoms with Gasteiger partial charge in [0.05, 0.1) is 0 Å². The molecule has 1 nitrogen and oxygen atoms in total. The fourth-order valence-corrected chi connectivity index (χ4v) is 1.71. The van der Waals surface area contributed by atoms with E-state index in [-0.39, 0.29) is 0 Å². The molecule has 0 aromatic heterocycles. The first kappa shape index (κ1) is 13.3. The van der Waals surface area contributed by atoms with Crippen LogP contribution in [-0.4, -0.2) is 23.2 Å². The van der Waals surface area contributed by atoms with Crippen LogP contribution in [0.25, 0.3) is 0 Å². The predicted octanol–water partition coefficient (Wildman–Crippen LogP) is 3.38.